The van der Waals surface area contributed by atoms with Crippen LogP contribution in [0, 0.1) is 0 Å². The highest BCUT2D eigenvalue weighted by Gasteiger charge is 2.21. The number of nitrogens with one attached hydrogen (secondary N) is 4. The van der Waals surface area contributed by atoms with Crippen molar-refractivity contribution in [1.82, 2.24) is 21.3 Å². The maximum absolute atomic E-state index is 13.0. The Morgan fingerprint density at radius 2 is 1.08 bits per heavy atom. The SMILES string of the molecule is O=C(CCOCCO)NCCCOCCOCCOCCCNC(=O)[C@H](CCCCNC(=O)OCc1ccccc1)NC(=O)OCc1ccccc1. The number of amides is 4. The third kappa shape index (κ3) is 24.0. The highest BCUT2D eigenvalue weighted by Crippen LogP contribution is 2.05. The van der Waals surface area contributed by atoms with E-state index in [1.807, 2.05) is 60.7 Å². The Morgan fingerprint density at radius 1 is 0.558 bits per heavy atom. The van der Waals surface area contributed by atoms with Gasteiger partial charge in [0.05, 0.1) is 46.2 Å². The minimum absolute atomic E-state index is 0.0591. The summed E-state index contributed by atoms with van der Waals surface area (Å²) in [6.45, 7) is 4.52. The lowest BCUT2D eigenvalue weighted by Crippen LogP contribution is -2.47. The van der Waals surface area contributed by atoms with Crippen molar-refractivity contribution < 1.29 is 52.7 Å². The highest BCUT2D eigenvalue weighted by atomic mass is 16.6. The first-order valence-electron chi connectivity index (χ1n) is 17.9. The fourth-order valence-corrected chi connectivity index (χ4v) is 4.49. The monoisotopic (exact) mass is 732 g/mol. The third-order valence-corrected chi connectivity index (χ3v) is 7.23. The van der Waals surface area contributed by atoms with Crippen LogP contribution in [0.15, 0.2) is 60.7 Å². The third-order valence-electron chi connectivity index (χ3n) is 7.23. The normalized spacial score (nSPS) is 11.3. The molecule has 0 aromatic heterocycles. The molecule has 290 valence electrons. The van der Waals surface area contributed by atoms with Crippen LogP contribution in [0.2, 0.25) is 0 Å². The molecule has 0 bridgehead atoms. The van der Waals surface area contributed by atoms with Crippen molar-refractivity contribution in [2.24, 2.45) is 0 Å². The molecule has 0 radical (unpaired) electrons. The largest absolute Gasteiger partial charge is 0.445 e. The minimum Gasteiger partial charge on any atom is -0.445 e. The number of unbranched alkanes of at least 4 members (excludes halogenated alkanes) is 1. The van der Waals surface area contributed by atoms with E-state index < -0.39 is 18.2 Å². The summed E-state index contributed by atoms with van der Waals surface area (Å²) in [7, 11) is 0. The van der Waals surface area contributed by atoms with Crippen molar-refractivity contribution in [3.8, 4) is 0 Å². The number of hydrogen-bond donors (Lipinski definition) is 5. The molecule has 2 aromatic rings. The minimum atomic E-state index is -0.813. The van der Waals surface area contributed by atoms with Crippen molar-refractivity contribution in [1.29, 1.82) is 0 Å². The number of aliphatic hydroxyl groups is 1. The summed E-state index contributed by atoms with van der Waals surface area (Å²) in [5.74, 6) is -0.430. The van der Waals surface area contributed by atoms with E-state index in [1.54, 1.807) is 0 Å². The van der Waals surface area contributed by atoms with Gasteiger partial charge in [-0.1, -0.05) is 60.7 Å². The molecule has 0 spiro atoms. The van der Waals surface area contributed by atoms with Crippen LogP contribution in [0.5, 0.6) is 0 Å². The van der Waals surface area contributed by atoms with E-state index in [-0.39, 0.29) is 51.3 Å². The Labute approximate surface area is 306 Å². The van der Waals surface area contributed by atoms with Gasteiger partial charge in [0.2, 0.25) is 11.8 Å². The number of alkyl carbamates (subject to hydrolysis) is 2. The number of carbonyl (C=O) groups is 4. The summed E-state index contributed by atoms with van der Waals surface area (Å²) in [5.41, 5.74) is 1.72. The molecule has 0 aliphatic heterocycles. The van der Waals surface area contributed by atoms with Crippen molar-refractivity contribution in [2.45, 2.75) is 57.8 Å². The topological polar surface area (TPSA) is 192 Å². The number of ether oxygens (including phenoxy) is 6. The first-order valence-corrected chi connectivity index (χ1v) is 17.9. The second-order valence-corrected chi connectivity index (χ2v) is 11.5. The van der Waals surface area contributed by atoms with Gasteiger partial charge in [-0.2, -0.15) is 0 Å². The molecule has 1 atom stereocenters. The van der Waals surface area contributed by atoms with E-state index in [0.29, 0.717) is 91.4 Å². The summed E-state index contributed by atoms with van der Waals surface area (Å²) >= 11 is 0. The lowest BCUT2D eigenvalue weighted by atomic mass is 10.1. The van der Waals surface area contributed by atoms with E-state index in [2.05, 4.69) is 21.3 Å². The first kappa shape index (κ1) is 43.9. The summed E-state index contributed by atoms with van der Waals surface area (Å²) in [5, 5.41) is 19.6. The fraction of sp³-hybridized carbons (Fsp3) is 0.568. The molecule has 0 fully saturated rings. The number of benzene rings is 2. The predicted molar refractivity (Wildman–Crippen MR) is 192 cm³/mol. The smallest absolute Gasteiger partial charge is 0.408 e. The number of rotatable bonds is 30. The van der Waals surface area contributed by atoms with Crippen LogP contribution in [0.25, 0.3) is 0 Å². The van der Waals surface area contributed by atoms with Gasteiger partial charge in [-0.3, -0.25) is 9.59 Å². The van der Waals surface area contributed by atoms with E-state index in [4.69, 9.17) is 33.5 Å². The van der Waals surface area contributed by atoms with Gasteiger partial charge in [-0.25, -0.2) is 9.59 Å². The van der Waals surface area contributed by atoms with Gasteiger partial charge in [-0.05, 0) is 43.2 Å². The second kappa shape index (κ2) is 30.4. The zero-order valence-electron chi connectivity index (χ0n) is 30.0. The van der Waals surface area contributed by atoms with Crippen LogP contribution in [-0.2, 0) is 51.2 Å². The summed E-state index contributed by atoms with van der Waals surface area (Å²) in [6.07, 6.45) is 1.79. The van der Waals surface area contributed by atoms with Crippen LogP contribution in [0.1, 0.15) is 49.7 Å². The van der Waals surface area contributed by atoms with Gasteiger partial charge in [-0.15, -0.1) is 0 Å². The fourth-order valence-electron chi connectivity index (χ4n) is 4.49. The molecule has 15 heteroatoms. The summed E-state index contributed by atoms with van der Waals surface area (Å²) < 4.78 is 32.2. The lowest BCUT2D eigenvalue weighted by Gasteiger charge is -2.18. The molecular weight excluding hydrogens is 676 g/mol. The Kier molecular flexibility index (Phi) is 25.6. The first-order chi connectivity index (χ1) is 25.5. The Hall–Kier alpha value is -4.28. The van der Waals surface area contributed by atoms with Gasteiger partial charge >= 0.3 is 12.2 Å². The van der Waals surface area contributed by atoms with Gasteiger partial charge < -0.3 is 54.8 Å². The molecule has 0 saturated heterocycles. The van der Waals surface area contributed by atoms with Crippen LogP contribution in [0.3, 0.4) is 0 Å². The molecule has 0 saturated carbocycles. The van der Waals surface area contributed by atoms with Crippen LogP contribution < -0.4 is 21.3 Å². The zero-order valence-corrected chi connectivity index (χ0v) is 30.0. The maximum Gasteiger partial charge on any atom is 0.408 e. The molecule has 2 aromatic carbocycles. The molecule has 15 nitrogen and oxygen atoms in total. The molecule has 52 heavy (non-hydrogen) atoms. The molecule has 2 rings (SSSR count). The van der Waals surface area contributed by atoms with Crippen molar-refractivity contribution >= 4 is 24.0 Å². The van der Waals surface area contributed by atoms with Crippen LogP contribution >= 0.6 is 0 Å². The number of aliphatic hydroxyl groups excluding tert-OH is 1. The van der Waals surface area contributed by atoms with Crippen LogP contribution in [-0.4, -0.2) is 114 Å². The standard InChI is InChI=1S/C37H56N4O11/c42-20-24-49-23-16-34(43)38-18-9-21-47-25-27-50-28-26-48-22-10-19-39-35(44)33(41-37(46)52-30-32-13-5-2-6-14-32)15-7-8-17-40-36(45)51-29-31-11-3-1-4-12-31/h1-6,11-14,33,42H,7-10,15-30H2,(H,38,43)(H,39,44)(H,40,45)(H,41,46)/t33-/m0/s1. The molecule has 0 unspecified atom stereocenters. The predicted octanol–water partition coefficient (Wildman–Crippen LogP) is 2.84. The number of carbonyl (C=O) groups excluding carboxylic acids is 4. The average Bonchev–Trinajstić information content (AvgIpc) is 3.16. The average molecular weight is 733 g/mol. The Morgan fingerprint density at radius 3 is 1.67 bits per heavy atom. The molecular formula is C37H56N4O11. The van der Waals surface area contributed by atoms with Gasteiger partial charge in [0, 0.05) is 39.3 Å². The van der Waals surface area contributed by atoms with Crippen molar-refractivity contribution in [2.75, 3.05) is 79.1 Å². The van der Waals surface area contributed by atoms with E-state index in [0.717, 1.165) is 11.1 Å². The molecule has 0 aliphatic rings. The van der Waals surface area contributed by atoms with Crippen LogP contribution in [0.4, 0.5) is 9.59 Å². The molecule has 0 heterocycles. The molecule has 5 N–H and O–H groups in total. The molecule has 4 amide bonds. The second-order valence-electron chi connectivity index (χ2n) is 11.5. The van der Waals surface area contributed by atoms with Crippen molar-refractivity contribution in [3.05, 3.63) is 71.8 Å². The summed E-state index contributed by atoms with van der Waals surface area (Å²) in [4.78, 5) is 49.1. The highest BCUT2D eigenvalue weighted by molar-refractivity contribution is 5.85. The van der Waals surface area contributed by atoms with Crippen molar-refractivity contribution in [3.63, 3.8) is 0 Å². The quantitative estimate of drug-likeness (QED) is 0.0743. The van der Waals surface area contributed by atoms with E-state index in [1.165, 1.54) is 0 Å². The Bertz CT molecular complexity index is 1220. The molecule has 0 aliphatic carbocycles. The van der Waals surface area contributed by atoms with Gasteiger partial charge in [0.25, 0.3) is 0 Å². The lowest BCUT2D eigenvalue weighted by molar-refractivity contribution is -0.123. The van der Waals surface area contributed by atoms with E-state index >= 15 is 0 Å². The van der Waals surface area contributed by atoms with Gasteiger partial charge in [0.15, 0.2) is 0 Å². The summed E-state index contributed by atoms with van der Waals surface area (Å²) in [6, 6.07) is 17.8. The van der Waals surface area contributed by atoms with E-state index in [9.17, 15) is 19.2 Å². The zero-order chi connectivity index (χ0) is 37.3. The van der Waals surface area contributed by atoms with Gasteiger partial charge in [0.1, 0.15) is 19.3 Å². The number of hydrogen-bond acceptors (Lipinski definition) is 11. The maximum atomic E-state index is 13.0. The Balaban J connectivity index is 1.54.